The van der Waals surface area contributed by atoms with Crippen LogP contribution in [-0.2, 0) is 0 Å². The summed E-state index contributed by atoms with van der Waals surface area (Å²) >= 11 is 3.42. The summed E-state index contributed by atoms with van der Waals surface area (Å²) in [7, 11) is 0. The smallest absolute Gasteiger partial charge is 0.255 e. The molecule has 0 saturated heterocycles. The standard InChI is InChI=1S/C17H20BrN3O/c1-12(2)7-9-19-16-11-13(8-10-20-16)17(22)21-15-6-4-3-5-14(15)18/h3-6,8,10-12H,7,9H2,1-2H3,(H,19,20)(H,21,22). The summed E-state index contributed by atoms with van der Waals surface area (Å²) in [4.78, 5) is 16.6. The summed E-state index contributed by atoms with van der Waals surface area (Å²) < 4.78 is 0.854. The van der Waals surface area contributed by atoms with Crippen LogP contribution >= 0.6 is 15.9 Å². The van der Waals surface area contributed by atoms with Crippen molar-refractivity contribution >= 4 is 33.3 Å². The maximum atomic E-state index is 12.3. The molecule has 1 amide bonds. The van der Waals surface area contributed by atoms with E-state index in [9.17, 15) is 4.79 Å². The van der Waals surface area contributed by atoms with Crippen molar-refractivity contribution in [3.05, 3.63) is 52.6 Å². The number of halogens is 1. The van der Waals surface area contributed by atoms with Gasteiger partial charge in [0.1, 0.15) is 5.82 Å². The minimum Gasteiger partial charge on any atom is -0.370 e. The predicted octanol–water partition coefficient (Wildman–Crippen LogP) is 4.55. The van der Waals surface area contributed by atoms with E-state index in [-0.39, 0.29) is 5.91 Å². The molecule has 0 radical (unpaired) electrons. The Bertz CT molecular complexity index is 643. The van der Waals surface area contributed by atoms with Gasteiger partial charge in [0.25, 0.3) is 5.91 Å². The fraction of sp³-hybridized carbons (Fsp3) is 0.294. The van der Waals surface area contributed by atoms with E-state index in [4.69, 9.17) is 0 Å². The molecule has 0 fully saturated rings. The Balaban J connectivity index is 2.02. The number of nitrogens with one attached hydrogen (secondary N) is 2. The molecule has 2 aromatic rings. The third kappa shape index (κ3) is 4.84. The van der Waals surface area contributed by atoms with Gasteiger partial charge in [0, 0.05) is 22.8 Å². The highest BCUT2D eigenvalue weighted by atomic mass is 79.9. The number of carbonyl (C=O) groups is 1. The van der Waals surface area contributed by atoms with Crippen molar-refractivity contribution in [2.45, 2.75) is 20.3 Å². The maximum absolute atomic E-state index is 12.3. The Kier molecular flexibility index (Phi) is 5.95. The molecule has 0 spiro atoms. The van der Waals surface area contributed by atoms with Crippen molar-refractivity contribution < 1.29 is 4.79 Å². The molecule has 1 heterocycles. The Labute approximate surface area is 139 Å². The number of hydrogen-bond acceptors (Lipinski definition) is 3. The van der Waals surface area contributed by atoms with Crippen molar-refractivity contribution in [2.24, 2.45) is 5.92 Å². The van der Waals surface area contributed by atoms with Crippen LogP contribution in [-0.4, -0.2) is 17.4 Å². The van der Waals surface area contributed by atoms with E-state index in [1.54, 1.807) is 18.3 Å². The second-order valence-corrected chi connectivity index (χ2v) is 6.33. The first-order chi connectivity index (χ1) is 10.6. The van der Waals surface area contributed by atoms with Gasteiger partial charge in [-0.2, -0.15) is 0 Å². The fourth-order valence-electron chi connectivity index (χ4n) is 1.91. The minimum absolute atomic E-state index is 0.152. The number of amides is 1. The summed E-state index contributed by atoms with van der Waals surface area (Å²) in [6.45, 7) is 5.20. The molecule has 2 rings (SSSR count). The summed E-state index contributed by atoms with van der Waals surface area (Å²) in [6.07, 6.45) is 2.71. The van der Waals surface area contributed by atoms with E-state index in [2.05, 4.69) is 45.4 Å². The zero-order valence-corrected chi connectivity index (χ0v) is 14.4. The van der Waals surface area contributed by atoms with Crippen molar-refractivity contribution in [3.63, 3.8) is 0 Å². The van der Waals surface area contributed by atoms with Crippen LogP contribution in [0.2, 0.25) is 0 Å². The number of carbonyl (C=O) groups excluding carboxylic acids is 1. The Morgan fingerprint density at radius 2 is 2.05 bits per heavy atom. The minimum atomic E-state index is -0.152. The second-order valence-electron chi connectivity index (χ2n) is 5.47. The van der Waals surface area contributed by atoms with Crippen molar-refractivity contribution in [3.8, 4) is 0 Å². The molecule has 1 aromatic carbocycles. The number of para-hydroxylation sites is 1. The fourth-order valence-corrected chi connectivity index (χ4v) is 2.30. The van der Waals surface area contributed by atoms with E-state index in [1.807, 2.05) is 24.3 Å². The zero-order chi connectivity index (χ0) is 15.9. The predicted molar refractivity (Wildman–Crippen MR) is 94.3 cm³/mol. The molecule has 1 aromatic heterocycles. The van der Waals surface area contributed by atoms with E-state index in [0.717, 1.165) is 28.9 Å². The Morgan fingerprint density at radius 3 is 2.77 bits per heavy atom. The first-order valence-electron chi connectivity index (χ1n) is 7.32. The van der Waals surface area contributed by atoms with Gasteiger partial charge in [-0.3, -0.25) is 4.79 Å². The highest BCUT2D eigenvalue weighted by molar-refractivity contribution is 9.10. The van der Waals surface area contributed by atoms with Gasteiger partial charge < -0.3 is 10.6 Å². The number of nitrogens with zero attached hydrogens (tertiary/aromatic N) is 1. The molecule has 22 heavy (non-hydrogen) atoms. The topological polar surface area (TPSA) is 54.0 Å². The lowest BCUT2D eigenvalue weighted by atomic mass is 10.1. The van der Waals surface area contributed by atoms with Crippen LogP contribution in [0.4, 0.5) is 11.5 Å². The summed E-state index contributed by atoms with van der Waals surface area (Å²) in [5.74, 6) is 1.20. The normalized spacial score (nSPS) is 10.5. The van der Waals surface area contributed by atoms with Crippen molar-refractivity contribution in [1.29, 1.82) is 0 Å². The van der Waals surface area contributed by atoms with Gasteiger partial charge in [0.05, 0.1) is 5.69 Å². The molecule has 2 N–H and O–H groups in total. The maximum Gasteiger partial charge on any atom is 0.255 e. The lowest BCUT2D eigenvalue weighted by molar-refractivity contribution is 0.102. The number of benzene rings is 1. The molecule has 0 bridgehead atoms. The summed E-state index contributed by atoms with van der Waals surface area (Å²) in [5.41, 5.74) is 1.33. The summed E-state index contributed by atoms with van der Waals surface area (Å²) in [6, 6.07) is 11.0. The van der Waals surface area contributed by atoms with Gasteiger partial charge in [-0.25, -0.2) is 4.98 Å². The molecule has 116 valence electrons. The van der Waals surface area contributed by atoms with Gasteiger partial charge in [-0.15, -0.1) is 0 Å². The number of pyridine rings is 1. The number of hydrogen-bond donors (Lipinski definition) is 2. The van der Waals surface area contributed by atoms with Crippen LogP contribution in [0.15, 0.2) is 47.1 Å². The first kappa shape index (κ1) is 16.5. The third-order valence-electron chi connectivity index (χ3n) is 3.17. The Hall–Kier alpha value is -1.88. The Morgan fingerprint density at radius 1 is 1.27 bits per heavy atom. The number of aromatic nitrogens is 1. The highest BCUT2D eigenvalue weighted by Gasteiger charge is 2.09. The van der Waals surface area contributed by atoms with E-state index in [0.29, 0.717) is 11.5 Å². The molecule has 0 atom stereocenters. The molecule has 0 aliphatic rings. The second kappa shape index (κ2) is 7.94. The zero-order valence-electron chi connectivity index (χ0n) is 12.8. The molecular weight excluding hydrogens is 342 g/mol. The van der Waals surface area contributed by atoms with E-state index < -0.39 is 0 Å². The lowest BCUT2D eigenvalue weighted by Gasteiger charge is -2.10. The van der Waals surface area contributed by atoms with Gasteiger partial charge in [-0.05, 0) is 52.5 Å². The van der Waals surface area contributed by atoms with Crippen LogP contribution in [0.25, 0.3) is 0 Å². The molecule has 0 aliphatic heterocycles. The van der Waals surface area contributed by atoms with E-state index in [1.165, 1.54) is 0 Å². The monoisotopic (exact) mass is 361 g/mol. The molecule has 0 saturated carbocycles. The first-order valence-corrected chi connectivity index (χ1v) is 8.11. The SMILES string of the molecule is CC(C)CCNc1cc(C(=O)Nc2ccccc2Br)ccn1. The van der Waals surface area contributed by atoms with Crippen LogP contribution in [0.3, 0.4) is 0 Å². The number of anilines is 2. The van der Waals surface area contributed by atoms with Gasteiger partial charge >= 0.3 is 0 Å². The number of rotatable bonds is 6. The van der Waals surface area contributed by atoms with Gasteiger partial charge in [0.15, 0.2) is 0 Å². The van der Waals surface area contributed by atoms with Crippen LogP contribution in [0, 0.1) is 5.92 Å². The van der Waals surface area contributed by atoms with Crippen molar-refractivity contribution in [2.75, 3.05) is 17.2 Å². The molecule has 4 nitrogen and oxygen atoms in total. The molecule has 0 aliphatic carbocycles. The van der Waals surface area contributed by atoms with Crippen LogP contribution < -0.4 is 10.6 Å². The lowest BCUT2D eigenvalue weighted by Crippen LogP contribution is -2.13. The third-order valence-corrected chi connectivity index (χ3v) is 3.86. The van der Waals surface area contributed by atoms with Crippen LogP contribution in [0.1, 0.15) is 30.6 Å². The summed E-state index contributed by atoms with van der Waals surface area (Å²) in [5, 5.41) is 6.13. The van der Waals surface area contributed by atoms with E-state index >= 15 is 0 Å². The van der Waals surface area contributed by atoms with Crippen molar-refractivity contribution in [1.82, 2.24) is 4.98 Å². The van der Waals surface area contributed by atoms with Gasteiger partial charge in [0.2, 0.25) is 0 Å². The highest BCUT2D eigenvalue weighted by Crippen LogP contribution is 2.22. The molecule has 5 heteroatoms. The average molecular weight is 362 g/mol. The quantitative estimate of drug-likeness (QED) is 0.792. The average Bonchev–Trinajstić information content (AvgIpc) is 2.49. The van der Waals surface area contributed by atoms with Crippen LogP contribution in [0.5, 0.6) is 0 Å². The largest absolute Gasteiger partial charge is 0.370 e. The molecular formula is C17H20BrN3O. The van der Waals surface area contributed by atoms with Gasteiger partial charge in [-0.1, -0.05) is 26.0 Å². The molecule has 0 unspecified atom stereocenters.